The Kier molecular flexibility index (Phi) is 3.54. The van der Waals surface area contributed by atoms with Crippen LogP contribution in [-0.4, -0.2) is 35.9 Å². The number of sulfonamides is 1. The number of carboxylic acids is 1. The first-order valence-electron chi connectivity index (χ1n) is 7.03. The molecule has 0 unspecified atom stereocenters. The van der Waals surface area contributed by atoms with Crippen molar-refractivity contribution in [2.24, 2.45) is 0 Å². The van der Waals surface area contributed by atoms with E-state index in [0.717, 1.165) is 9.01 Å². The summed E-state index contributed by atoms with van der Waals surface area (Å²) in [6.45, 7) is 3.50. The molecule has 22 heavy (non-hydrogen) atoms. The Labute approximate surface area is 133 Å². The SMILES string of the molecule is Cc1sc2ccccc2c1S(=O)(=O)N1CCC[C@@]1(C)C(=O)O. The number of hydrogen-bond acceptors (Lipinski definition) is 4. The average molecular weight is 339 g/mol. The molecule has 1 aliphatic heterocycles. The van der Waals surface area contributed by atoms with Gasteiger partial charge in [-0.1, -0.05) is 18.2 Å². The van der Waals surface area contributed by atoms with Gasteiger partial charge >= 0.3 is 5.97 Å². The first-order valence-corrected chi connectivity index (χ1v) is 9.28. The molecule has 0 aliphatic carbocycles. The molecule has 0 amide bonds. The van der Waals surface area contributed by atoms with Gasteiger partial charge in [-0.25, -0.2) is 8.42 Å². The maximum atomic E-state index is 13.1. The molecule has 1 aromatic carbocycles. The van der Waals surface area contributed by atoms with Gasteiger partial charge in [-0.05, 0) is 32.8 Å². The summed E-state index contributed by atoms with van der Waals surface area (Å²) in [4.78, 5) is 12.5. The number of fused-ring (bicyclic) bond motifs is 1. The van der Waals surface area contributed by atoms with Crippen LogP contribution in [0.1, 0.15) is 24.6 Å². The van der Waals surface area contributed by atoms with Crippen LogP contribution in [0.3, 0.4) is 0 Å². The van der Waals surface area contributed by atoms with Gasteiger partial charge in [0.2, 0.25) is 10.0 Å². The third-order valence-corrected chi connectivity index (χ3v) is 7.72. The lowest BCUT2D eigenvalue weighted by atomic mass is 10.0. The molecule has 0 bridgehead atoms. The van der Waals surface area contributed by atoms with E-state index >= 15 is 0 Å². The van der Waals surface area contributed by atoms with Crippen molar-refractivity contribution in [2.75, 3.05) is 6.54 Å². The zero-order chi connectivity index (χ0) is 16.1. The highest BCUT2D eigenvalue weighted by Crippen LogP contribution is 2.40. The third kappa shape index (κ3) is 2.07. The molecule has 1 atom stereocenters. The topological polar surface area (TPSA) is 74.7 Å². The second-order valence-electron chi connectivity index (χ2n) is 5.74. The zero-order valence-corrected chi connectivity index (χ0v) is 14.0. The van der Waals surface area contributed by atoms with Crippen LogP contribution in [0.15, 0.2) is 29.2 Å². The van der Waals surface area contributed by atoms with Crippen LogP contribution in [0.25, 0.3) is 10.1 Å². The molecule has 1 saturated heterocycles. The smallest absolute Gasteiger partial charge is 0.324 e. The normalized spacial score (nSPS) is 23.2. The lowest BCUT2D eigenvalue weighted by Crippen LogP contribution is -2.50. The summed E-state index contributed by atoms with van der Waals surface area (Å²) in [6.07, 6.45) is 0.895. The Morgan fingerprint density at radius 3 is 2.73 bits per heavy atom. The molecule has 5 nitrogen and oxygen atoms in total. The minimum Gasteiger partial charge on any atom is -0.480 e. The highest BCUT2D eigenvalue weighted by atomic mass is 32.2. The number of carbonyl (C=O) groups is 1. The predicted molar refractivity (Wildman–Crippen MR) is 85.7 cm³/mol. The van der Waals surface area contributed by atoms with E-state index in [1.165, 1.54) is 18.3 Å². The summed E-state index contributed by atoms with van der Waals surface area (Å²) in [5.41, 5.74) is -1.37. The minimum absolute atomic E-state index is 0.245. The minimum atomic E-state index is -3.84. The molecule has 1 aliphatic rings. The molecule has 2 aromatic rings. The number of benzene rings is 1. The van der Waals surface area contributed by atoms with Crippen molar-refractivity contribution in [1.82, 2.24) is 4.31 Å². The molecule has 0 spiro atoms. The van der Waals surface area contributed by atoms with Crippen molar-refractivity contribution in [3.63, 3.8) is 0 Å². The van der Waals surface area contributed by atoms with E-state index in [1.54, 1.807) is 19.1 Å². The van der Waals surface area contributed by atoms with E-state index in [-0.39, 0.29) is 11.4 Å². The Morgan fingerprint density at radius 1 is 1.36 bits per heavy atom. The summed E-state index contributed by atoms with van der Waals surface area (Å²) < 4.78 is 28.3. The van der Waals surface area contributed by atoms with Gasteiger partial charge in [-0.2, -0.15) is 4.31 Å². The third-order valence-electron chi connectivity index (χ3n) is 4.30. The second kappa shape index (κ2) is 5.04. The number of aryl methyl sites for hydroxylation is 1. The monoisotopic (exact) mass is 339 g/mol. The predicted octanol–water partition coefficient (Wildman–Crippen LogP) is 2.84. The van der Waals surface area contributed by atoms with Crippen LogP contribution in [-0.2, 0) is 14.8 Å². The number of nitrogens with zero attached hydrogens (tertiary/aromatic N) is 1. The van der Waals surface area contributed by atoms with E-state index in [0.29, 0.717) is 23.1 Å². The van der Waals surface area contributed by atoms with Crippen LogP contribution >= 0.6 is 11.3 Å². The largest absolute Gasteiger partial charge is 0.480 e. The first kappa shape index (κ1) is 15.5. The van der Waals surface area contributed by atoms with Crippen LogP contribution in [0.4, 0.5) is 0 Å². The molecule has 7 heteroatoms. The van der Waals surface area contributed by atoms with E-state index in [9.17, 15) is 18.3 Å². The Bertz CT molecular complexity index is 856. The van der Waals surface area contributed by atoms with E-state index in [4.69, 9.17) is 0 Å². The van der Waals surface area contributed by atoms with Gasteiger partial charge in [0.25, 0.3) is 0 Å². The summed E-state index contributed by atoms with van der Waals surface area (Å²) in [5.74, 6) is -1.09. The summed E-state index contributed by atoms with van der Waals surface area (Å²) in [6, 6.07) is 7.33. The standard InChI is InChI=1S/C15H17NO4S2/c1-10-13(11-6-3-4-7-12(11)21-10)22(19,20)16-9-5-8-15(16,2)14(17)18/h3-4,6-7H,5,8-9H2,1-2H3,(H,17,18)/t15-/m0/s1. The number of hydrogen-bond donors (Lipinski definition) is 1. The fourth-order valence-electron chi connectivity index (χ4n) is 3.11. The molecular weight excluding hydrogens is 322 g/mol. The van der Waals surface area contributed by atoms with Crippen molar-refractivity contribution in [2.45, 2.75) is 37.1 Å². The van der Waals surface area contributed by atoms with Crippen molar-refractivity contribution < 1.29 is 18.3 Å². The molecule has 1 N–H and O–H groups in total. The Morgan fingerprint density at radius 2 is 2.05 bits per heavy atom. The summed E-state index contributed by atoms with van der Waals surface area (Å²) in [7, 11) is -3.84. The molecule has 118 valence electrons. The number of carboxylic acid groups (broad SMARTS) is 1. The van der Waals surface area contributed by atoms with Gasteiger partial charge in [-0.15, -0.1) is 11.3 Å². The fourth-order valence-corrected chi connectivity index (χ4v) is 6.69. The first-order chi connectivity index (χ1) is 10.3. The van der Waals surface area contributed by atoms with Gasteiger partial charge in [0.05, 0.1) is 0 Å². The Hall–Kier alpha value is -1.44. The molecule has 3 rings (SSSR count). The van der Waals surface area contributed by atoms with E-state index in [1.807, 2.05) is 12.1 Å². The maximum absolute atomic E-state index is 13.1. The van der Waals surface area contributed by atoms with Crippen molar-refractivity contribution in [3.8, 4) is 0 Å². The Balaban J connectivity index is 2.21. The molecule has 0 radical (unpaired) electrons. The van der Waals surface area contributed by atoms with Crippen molar-refractivity contribution >= 4 is 37.4 Å². The molecule has 1 aromatic heterocycles. The quantitative estimate of drug-likeness (QED) is 0.933. The average Bonchev–Trinajstić information content (AvgIpc) is 2.99. The van der Waals surface area contributed by atoms with Crippen LogP contribution in [0, 0.1) is 6.92 Å². The molecule has 0 saturated carbocycles. The van der Waals surface area contributed by atoms with Crippen LogP contribution in [0.2, 0.25) is 0 Å². The number of thiophene rings is 1. The van der Waals surface area contributed by atoms with Gasteiger partial charge in [-0.3, -0.25) is 4.79 Å². The lowest BCUT2D eigenvalue weighted by Gasteiger charge is -2.30. The van der Waals surface area contributed by atoms with Gasteiger partial charge in [0.1, 0.15) is 10.4 Å². The number of aliphatic carboxylic acids is 1. The van der Waals surface area contributed by atoms with Gasteiger partial charge in [0.15, 0.2) is 0 Å². The van der Waals surface area contributed by atoms with Gasteiger partial charge < -0.3 is 5.11 Å². The molecule has 1 fully saturated rings. The maximum Gasteiger partial charge on any atom is 0.324 e. The van der Waals surface area contributed by atoms with Crippen molar-refractivity contribution in [3.05, 3.63) is 29.1 Å². The van der Waals surface area contributed by atoms with E-state index in [2.05, 4.69) is 0 Å². The summed E-state index contributed by atoms with van der Waals surface area (Å²) in [5, 5.41) is 10.2. The second-order valence-corrected chi connectivity index (χ2v) is 8.80. The van der Waals surface area contributed by atoms with Gasteiger partial charge in [0, 0.05) is 21.5 Å². The van der Waals surface area contributed by atoms with Crippen LogP contribution in [0.5, 0.6) is 0 Å². The van der Waals surface area contributed by atoms with Crippen LogP contribution < -0.4 is 0 Å². The molecule has 2 heterocycles. The van der Waals surface area contributed by atoms with Crippen molar-refractivity contribution in [1.29, 1.82) is 0 Å². The summed E-state index contributed by atoms with van der Waals surface area (Å²) >= 11 is 1.42. The number of rotatable bonds is 3. The lowest BCUT2D eigenvalue weighted by molar-refractivity contribution is -0.146. The molecular formula is C15H17NO4S2. The van der Waals surface area contributed by atoms with E-state index < -0.39 is 21.5 Å². The highest BCUT2D eigenvalue weighted by Gasteiger charge is 2.50. The zero-order valence-electron chi connectivity index (χ0n) is 12.4. The fraction of sp³-hybridized carbons (Fsp3) is 0.400. The highest BCUT2D eigenvalue weighted by molar-refractivity contribution is 7.89.